The monoisotopic (exact) mass is 334 g/mol. The van der Waals surface area contributed by atoms with Crippen molar-refractivity contribution in [3.8, 4) is 5.88 Å². The Bertz CT molecular complexity index is 579. The Balaban J connectivity index is 2.24. The van der Waals surface area contributed by atoms with Crippen molar-refractivity contribution in [3.63, 3.8) is 0 Å². The lowest BCUT2D eigenvalue weighted by molar-refractivity contribution is 0.215. The van der Waals surface area contributed by atoms with Crippen molar-refractivity contribution in [1.82, 2.24) is 9.97 Å². The molecular weight excluding hydrogens is 316 g/mol. The second kappa shape index (κ2) is 5.92. The molecule has 20 heavy (non-hydrogen) atoms. The summed E-state index contributed by atoms with van der Waals surface area (Å²) < 4.78 is 6.68. The molecule has 3 nitrogen and oxygen atoms in total. The van der Waals surface area contributed by atoms with Gasteiger partial charge in [-0.25, -0.2) is 4.98 Å². The highest BCUT2D eigenvalue weighted by molar-refractivity contribution is 9.10. The molecule has 1 aromatic carbocycles. The fourth-order valence-corrected chi connectivity index (χ4v) is 2.13. The van der Waals surface area contributed by atoms with Crippen LogP contribution in [0.1, 0.15) is 45.2 Å². The number of hydrogen-bond acceptors (Lipinski definition) is 3. The Morgan fingerprint density at radius 2 is 1.75 bits per heavy atom. The van der Waals surface area contributed by atoms with E-state index in [-0.39, 0.29) is 11.5 Å². The van der Waals surface area contributed by atoms with Gasteiger partial charge in [0.05, 0.1) is 0 Å². The summed E-state index contributed by atoms with van der Waals surface area (Å²) in [6, 6.07) is 11.9. The smallest absolute Gasteiger partial charge is 0.218 e. The van der Waals surface area contributed by atoms with E-state index >= 15 is 0 Å². The van der Waals surface area contributed by atoms with Crippen molar-refractivity contribution in [2.75, 3.05) is 0 Å². The van der Waals surface area contributed by atoms with Crippen LogP contribution in [0.4, 0.5) is 0 Å². The van der Waals surface area contributed by atoms with E-state index in [1.165, 1.54) is 0 Å². The van der Waals surface area contributed by atoms with Gasteiger partial charge in [-0.15, -0.1) is 0 Å². The topological polar surface area (TPSA) is 35.0 Å². The number of hydrogen-bond donors (Lipinski definition) is 0. The zero-order valence-electron chi connectivity index (χ0n) is 12.2. The number of benzene rings is 1. The number of ether oxygens (including phenoxy) is 1. The minimum Gasteiger partial charge on any atom is -0.470 e. The van der Waals surface area contributed by atoms with Crippen molar-refractivity contribution < 1.29 is 4.74 Å². The molecule has 2 rings (SSSR count). The summed E-state index contributed by atoms with van der Waals surface area (Å²) in [6.45, 7) is 8.26. The Labute approximate surface area is 128 Å². The van der Waals surface area contributed by atoms with Crippen LogP contribution >= 0.6 is 15.9 Å². The van der Waals surface area contributed by atoms with E-state index in [0.717, 1.165) is 16.0 Å². The SMILES string of the molecule is CC(Oc1cc(Br)nc(C(C)(C)C)n1)c1ccccc1. The lowest BCUT2D eigenvalue weighted by Crippen LogP contribution is -2.17. The van der Waals surface area contributed by atoms with Crippen molar-refractivity contribution in [2.24, 2.45) is 0 Å². The second-order valence-corrected chi connectivity index (χ2v) is 6.59. The first-order valence-electron chi connectivity index (χ1n) is 6.63. The van der Waals surface area contributed by atoms with Gasteiger partial charge in [-0.1, -0.05) is 51.1 Å². The Morgan fingerprint density at radius 3 is 2.35 bits per heavy atom. The van der Waals surface area contributed by atoms with Crippen LogP contribution < -0.4 is 4.74 Å². The summed E-state index contributed by atoms with van der Waals surface area (Å²) in [5.74, 6) is 1.36. The lowest BCUT2D eigenvalue weighted by atomic mass is 9.96. The van der Waals surface area contributed by atoms with Crippen LogP contribution in [-0.2, 0) is 5.41 Å². The molecule has 0 aliphatic rings. The van der Waals surface area contributed by atoms with Crippen molar-refractivity contribution in [2.45, 2.75) is 39.2 Å². The molecule has 0 saturated carbocycles. The van der Waals surface area contributed by atoms with Gasteiger partial charge in [-0.05, 0) is 28.4 Å². The van der Waals surface area contributed by atoms with Crippen molar-refractivity contribution in [1.29, 1.82) is 0 Å². The second-order valence-electron chi connectivity index (χ2n) is 5.77. The number of nitrogens with zero attached hydrogens (tertiary/aromatic N) is 2. The summed E-state index contributed by atoms with van der Waals surface area (Å²) in [4.78, 5) is 8.92. The molecule has 0 aliphatic carbocycles. The van der Waals surface area contributed by atoms with E-state index in [2.05, 4.69) is 46.7 Å². The maximum Gasteiger partial charge on any atom is 0.218 e. The summed E-state index contributed by atoms with van der Waals surface area (Å²) in [6.07, 6.45) is -0.0502. The third kappa shape index (κ3) is 3.79. The molecule has 0 N–H and O–H groups in total. The van der Waals surface area contributed by atoms with Gasteiger partial charge in [0.1, 0.15) is 16.5 Å². The molecule has 0 amide bonds. The summed E-state index contributed by atoms with van der Waals surface area (Å²) in [5.41, 5.74) is 1.01. The highest BCUT2D eigenvalue weighted by Gasteiger charge is 2.20. The molecule has 2 aromatic rings. The van der Waals surface area contributed by atoms with Crippen LogP contribution in [0, 0.1) is 0 Å². The molecule has 0 fully saturated rings. The fourth-order valence-electron chi connectivity index (χ4n) is 1.77. The predicted octanol–water partition coefficient (Wildman–Crippen LogP) is 4.68. The zero-order valence-corrected chi connectivity index (χ0v) is 13.8. The van der Waals surface area contributed by atoms with E-state index in [4.69, 9.17) is 4.74 Å². The molecule has 1 heterocycles. The van der Waals surface area contributed by atoms with E-state index in [1.54, 1.807) is 6.07 Å². The summed E-state index contributed by atoms with van der Waals surface area (Å²) in [7, 11) is 0. The van der Waals surface area contributed by atoms with Gasteiger partial charge >= 0.3 is 0 Å². The molecule has 0 aliphatic heterocycles. The first-order valence-corrected chi connectivity index (χ1v) is 7.42. The van der Waals surface area contributed by atoms with Gasteiger partial charge in [0.15, 0.2) is 0 Å². The van der Waals surface area contributed by atoms with E-state index in [9.17, 15) is 0 Å². The quantitative estimate of drug-likeness (QED) is 0.764. The van der Waals surface area contributed by atoms with Crippen LogP contribution in [-0.4, -0.2) is 9.97 Å². The third-order valence-corrected chi connectivity index (χ3v) is 3.31. The lowest BCUT2D eigenvalue weighted by Gasteiger charge is -2.19. The molecule has 0 radical (unpaired) electrons. The average molecular weight is 335 g/mol. The molecule has 106 valence electrons. The first kappa shape index (κ1) is 15.0. The van der Waals surface area contributed by atoms with E-state index in [1.807, 2.05) is 37.3 Å². The molecule has 0 bridgehead atoms. The van der Waals surface area contributed by atoms with Crippen LogP contribution in [0.15, 0.2) is 41.0 Å². The van der Waals surface area contributed by atoms with Gasteiger partial charge in [-0.3, -0.25) is 0 Å². The minimum absolute atomic E-state index is 0.0502. The highest BCUT2D eigenvalue weighted by atomic mass is 79.9. The van der Waals surface area contributed by atoms with Crippen molar-refractivity contribution in [3.05, 3.63) is 52.4 Å². The molecule has 1 atom stereocenters. The van der Waals surface area contributed by atoms with Gasteiger partial charge in [0, 0.05) is 11.5 Å². The molecule has 1 unspecified atom stereocenters. The predicted molar refractivity (Wildman–Crippen MR) is 83.9 cm³/mol. The summed E-state index contributed by atoms with van der Waals surface area (Å²) >= 11 is 3.42. The maximum atomic E-state index is 5.94. The average Bonchev–Trinajstić information content (AvgIpc) is 2.38. The maximum absolute atomic E-state index is 5.94. The third-order valence-electron chi connectivity index (χ3n) is 2.91. The van der Waals surface area contributed by atoms with Crippen LogP contribution in [0.5, 0.6) is 5.88 Å². The standard InChI is InChI=1S/C16H19BrN2O/c1-11(12-8-6-5-7-9-12)20-14-10-13(17)18-15(19-14)16(2,3)4/h5-11H,1-4H3. The summed E-state index contributed by atoms with van der Waals surface area (Å²) in [5, 5.41) is 0. The van der Waals surface area contributed by atoms with Gasteiger partial charge < -0.3 is 4.74 Å². The highest BCUT2D eigenvalue weighted by Crippen LogP contribution is 2.26. The van der Waals surface area contributed by atoms with Gasteiger partial charge in [0.25, 0.3) is 0 Å². The van der Waals surface area contributed by atoms with E-state index in [0.29, 0.717) is 5.88 Å². The Morgan fingerprint density at radius 1 is 1.10 bits per heavy atom. The number of halogens is 1. The Hall–Kier alpha value is -1.42. The molecule has 4 heteroatoms. The number of rotatable bonds is 3. The zero-order chi connectivity index (χ0) is 14.8. The van der Waals surface area contributed by atoms with Crippen molar-refractivity contribution >= 4 is 15.9 Å². The van der Waals surface area contributed by atoms with Gasteiger partial charge in [0.2, 0.25) is 5.88 Å². The Kier molecular flexibility index (Phi) is 4.43. The van der Waals surface area contributed by atoms with Crippen LogP contribution in [0.3, 0.4) is 0 Å². The number of aromatic nitrogens is 2. The molecule has 1 aromatic heterocycles. The largest absolute Gasteiger partial charge is 0.470 e. The molecule has 0 saturated heterocycles. The fraction of sp³-hybridized carbons (Fsp3) is 0.375. The van der Waals surface area contributed by atoms with E-state index < -0.39 is 0 Å². The minimum atomic E-state index is -0.113. The first-order chi connectivity index (χ1) is 9.36. The normalized spacial score (nSPS) is 13.1. The van der Waals surface area contributed by atoms with Crippen LogP contribution in [0.25, 0.3) is 0 Å². The van der Waals surface area contributed by atoms with Crippen LogP contribution in [0.2, 0.25) is 0 Å². The molecular formula is C16H19BrN2O. The van der Waals surface area contributed by atoms with Gasteiger partial charge in [-0.2, -0.15) is 4.98 Å². The molecule has 0 spiro atoms.